The van der Waals surface area contributed by atoms with Gasteiger partial charge in [0, 0.05) is 47.4 Å². The highest BCUT2D eigenvalue weighted by molar-refractivity contribution is 8.76. The molecule has 6 rings (SSSR count). The molecule has 4 aromatic carbocycles. The van der Waals surface area contributed by atoms with Crippen molar-refractivity contribution in [1.82, 2.24) is 9.13 Å². The third-order valence-corrected chi connectivity index (χ3v) is 9.48. The van der Waals surface area contributed by atoms with Crippen LogP contribution in [0.15, 0.2) is 146 Å². The summed E-state index contributed by atoms with van der Waals surface area (Å²) in [5, 5.41) is 0. The Morgan fingerprint density at radius 2 is 0.575 bits per heavy atom. The first-order valence-corrected chi connectivity index (χ1v) is 16.2. The second-order valence-electron chi connectivity index (χ2n) is 9.62. The lowest BCUT2D eigenvalue weighted by molar-refractivity contribution is 0.793. The maximum Gasteiger partial charge on any atom is 0.0485 e. The van der Waals surface area contributed by atoms with Gasteiger partial charge in [-0.3, -0.25) is 0 Å². The fourth-order valence-corrected chi connectivity index (χ4v) is 7.14. The predicted octanol–water partition coefficient (Wildman–Crippen LogP) is 10.0. The van der Waals surface area contributed by atoms with Gasteiger partial charge in [0.1, 0.15) is 0 Å². The highest BCUT2D eigenvalue weighted by Crippen LogP contribution is 2.33. The zero-order valence-electron chi connectivity index (χ0n) is 22.4. The van der Waals surface area contributed by atoms with Gasteiger partial charge in [-0.1, -0.05) is 143 Å². The van der Waals surface area contributed by atoms with E-state index >= 15 is 0 Å². The molecule has 0 saturated carbocycles. The van der Waals surface area contributed by atoms with Crippen LogP contribution in [-0.2, 0) is 13.1 Å². The summed E-state index contributed by atoms with van der Waals surface area (Å²) >= 11 is 0. The van der Waals surface area contributed by atoms with E-state index in [1.165, 1.54) is 45.0 Å². The van der Waals surface area contributed by atoms with E-state index in [1.807, 2.05) is 21.6 Å². The molecule has 4 heteroatoms. The van der Waals surface area contributed by atoms with Crippen LogP contribution in [0.5, 0.6) is 0 Å². The van der Waals surface area contributed by atoms with Gasteiger partial charge in [0.2, 0.25) is 0 Å². The maximum absolute atomic E-state index is 2.48. The number of hydrogen-bond donors (Lipinski definition) is 0. The van der Waals surface area contributed by atoms with Crippen molar-refractivity contribution in [1.29, 1.82) is 0 Å². The molecule has 0 aliphatic carbocycles. The van der Waals surface area contributed by atoms with Gasteiger partial charge in [-0.2, -0.15) is 0 Å². The molecule has 0 fully saturated rings. The van der Waals surface area contributed by atoms with Crippen LogP contribution in [-0.4, -0.2) is 20.6 Å². The van der Waals surface area contributed by atoms with E-state index in [4.69, 9.17) is 0 Å². The molecule has 0 amide bonds. The number of benzene rings is 4. The van der Waals surface area contributed by atoms with Crippen LogP contribution in [0.25, 0.3) is 45.0 Å². The summed E-state index contributed by atoms with van der Waals surface area (Å²) in [5.74, 6) is 2.09. The van der Waals surface area contributed by atoms with Gasteiger partial charge in [0.15, 0.2) is 0 Å². The Labute approximate surface area is 245 Å². The van der Waals surface area contributed by atoms with E-state index < -0.39 is 0 Å². The molecule has 0 radical (unpaired) electrons. The van der Waals surface area contributed by atoms with Crippen LogP contribution in [0.1, 0.15) is 0 Å². The second kappa shape index (κ2) is 13.0. The minimum absolute atomic E-state index is 0.965. The second-order valence-corrected chi connectivity index (χ2v) is 12.3. The Bertz CT molecular complexity index is 1380. The van der Waals surface area contributed by atoms with Crippen LogP contribution < -0.4 is 0 Å². The molecule has 0 unspecified atom stereocenters. The largest absolute Gasteiger partial charge is 0.340 e. The normalized spacial score (nSPS) is 11.1. The molecule has 0 aliphatic rings. The van der Waals surface area contributed by atoms with Gasteiger partial charge in [0.05, 0.1) is 0 Å². The summed E-state index contributed by atoms with van der Waals surface area (Å²) in [6.45, 7) is 1.93. The summed E-state index contributed by atoms with van der Waals surface area (Å²) < 4.78 is 4.95. The van der Waals surface area contributed by atoms with Crippen LogP contribution in [0.2, 0.25) is 0 Å². The van der Waals surface area contributed by atoms with E-state index in [9.17, 15) is 0 Å². The molecule has 0 saturated heterocycles. The average Bonchev–Trinajstić information content (AvgIpc) is 3.65. The van der Waals surface area contributed by atoms with Crippen LogP contribution in [0, 0.1) is 0 Å². The molecule has 6 aromatic rings. The Balaban J connectivity index is 1.14. The van der Waals surface area contributed by atoms with Crippen molar-refractivity contribution in [3.63, 3.8) is 0 Å². The third-order valence-electron chi connectivity index (χ3n) is 7.12. The first-order valence-electron chi connectivity index (χ1n) is 13.7. The molecule has 2 aromatic heterocycles. The van der Waals surface area contributed by atoms with Gasteiger partial charge in [-0.15, -0.1) is 0 Å². The van der Waals surface area contributed by atoms with E-state index in [1.54, 1.807) is 0 Å². The zero-order valence-corrected chi connectivity index (χ0v) is 24.0. The van der Waals surface area contributed by atoms with Gasteiger partial charge < -0.3 is 9.13 Å². The Morgan fingerprint density at radius 3 is 0.825 bits per heavy atom. The minimum Gasteiger partial charge on any atom is -0.340 e. The molecule has 40 heavy (non-hydrogen) atoms. The number of aromatic nitrogens is 2. The number of nitrogens with zero attached hydrogens (tertiary/aromatic N) is 2. The third kappa shape index (κ3) is 5.99. The highest BCUT2D eigenvalue weighted by atomic mass is 33.1. The molecule has 0 aliphatic heterocycles. The number of hydrogen-bond acceptors (Lipinski definition) is 2. The van der Waals surface area contributed by atoms with Crippen molar-refractivity contribution in [2.75, 3.05) is 11.5 Å². The average molecular weight is 557 g/mol. The molecule has 2 heterocycles. The highest BCUT2D eigenvalue weighted by Gasteiger charge is 2.13. The monoisotopic (exact) mass is 556 g/mol. The summed E-state index contributed by atoms with van der Waals surface area (Å²) in [5.41, 5.74) is 10.1. The molecule has 0 bridgehead atoms. The lowest BCUT2D eigenvalue weighted by Gasteiger charge is -2.15. The smallest absolute Gasteiger partial charge is 0.0485 e. The SMILES string of the molecule is c1ccc(-c2ccc(-c3ccccc3)n2CCSSCCn2c(-c3ccccc3)ccc2-c2ccccc2)cc1. The van der Waals surface area contributed by atoms with Gasteiger partial charge in [-0.25, -0.2) is 0 Å². The van der Waals surface area contributed by atoms with E-state index in [0.717, 1.165) is 24.6 Å². The quantitative estimate of drug-likeness (QED) is 0.116. The van der Waals surface area contributed by atoms with Crippen molar-refractivity contribution < 1.29 is 0 Å². The Morgan fingerprint density at radius 1 is 0.325 bits per heavy atom. The van der Waals surface area contributed by atoms with Gasteiger partial charge in [-0.05, 0) is 46.5 Å². The minimum atomic E-state index is 0.965. The van der Waals surface area contributed by atoms with Crippen LogP contribution >= 0.6 is 21.6 Å². The fourth-order valence-electron chi connectivity index (χ4n) is 5.24. The van der Waals surface area contributed by atoms with E-state index in [-0.39, 0.29) is 0 Å². The topological polar surface area (TPSA) is 9.86 Å². The molecule has 198 valence electrons. The first kappa shape index (κ1) is 26.4. The molecule has 0 spiro atoms. The van der Waals surface area contributed by atoms with Crippen molar-refractivity contribution in [2.45, 2.75) is 13.1 Å². The fraction of sp³-hybridized carbons (Fsp3) is 0.111. The zero-order chi connectivity index (χ0) is 27.0. The first-order chi connectivity index (χ1) is 19.9. The lowest BCUT2D eigenvalue weighted by Crippen LogP contribution is -2.05. The van der Waals surface area contributed by atoms with Crippen molar-refractivity contribution >= 4 is 21.6 Å². The van der Waals surface area contributed by atoms with Gasteiger partial charge >= 0.3 is 0 Å². The standard InChI is InChI=1S/C36H32N2S2/c1-5-13-29(14-6-1)33-21-22-34(30-15-7-2-8-16-30)37(33)25-27-39-40-28-26-38-35(31-17-9-3-10-18-31)23-24-36(38)32-19-11-4-12-20-32/h1-24H,25-28H2. The maximum atomic E-state index is 2.48. The van der Waals surface area contributed by atoms with Gasteiger partial charge in [0.25, 0.3) is 0 Å². The molecule has 2 nitrogen and oxygen atoms in total. The predicted molar refractivity (Wildman–Crippen MR) is 176 cm³/mol. The molecule has 0 N–H and O–H groups in total. The van der Waals surface area contributed by atoms with E-state index in [2.05, 4.69) is 155 Å². The van der Waals surface area contributed by atoms with Crippen LogP contribution in [0.4, 0.5) is 0 Å². The van der Waals surface area contributed by atoms with E-state index in [0.29, 0.717) is 0 Å². The molecule has 0 atom stereocenters. The molecular weight excluding hydrogens is 525 g/mol. The van der Waals surface area contributed by atoms with Crippen molar-refractivity contribution in [3.8, 4) is 45.0 Å². The molecular formula is C36H32N2S2. The lowest BCUT2D eigenvalue weighted by atomic mass is 10.1. The number of rotatable bonds is 11. The Hall–Kier alpha value is -3.86. The summed E-state index contributed by atoms with van der Waals surface area (Å²) in [7, 11) is 3.93. The summed E-state index contributed by atoms with van der Waals surface area (Å²) in [6.07, 6.45) is 0. The summed E-state index contributed by atoms with van der Waals surface area (Å²) in [4.78, 5) is 0. The summed E-state index contributed by atoms with van der Waals surface area (Å²) in [6, 6.07) is 51.9. The van der Waals surface area contributed by atoms with Crippen LogP contribution in [0.3, 0.4) is 0 Å². The van der Waals surface area contributed by atoms with Crippen molar-refractivity contribution in [3.05, 3.63) is 146 Å². The van der Waals surface area contributed by atoms with Crippen molar-refractivity contribution in [2.24, 2.45) is 0 Å². The Kier molecular flexibility index (Phi) is 8.57.